The third kappa shape index (κ3) is 4.82. The maximum absolute atomic E-state index is 5.73. The van der Waals surface area contributed by atoms with Gasteiger partial charge in [-0.1, -0.05) is 34.9 Å². The minimum Gasteiger partial charge on any atom is -0.485 e. The average molecular weight is 354 g/mol. The molecule has 0 unspecified atom stereocenters. The Labute approximate surface area is 133 Å². The van der Waals surface area contributed by atoms with Crippen LogP contribution < -0.4 is 10.1 Å². The highest BCUT2D eigenvalue weighted by Crippen LogP contribution is 2.23. The number of benzene rings is 1. The molecule has 0 atom stereocenters. The maximum Gasteiger partial charge on any atom is 0.226 e. The summed E-state index contributed by atoms with van der Waals surface area (Å²) in [5.74, 6) is 2.04. The van der Waals surface area contributed by atoms with Crippen molar-refractivity contribution >= 4 is 15.9 Å². The Morgan fingerprint density at radius 1 is 1.33 bits per heavy atom. The number of hydrogen-bond acceptors (Lipinski definition) is 5. The van der Waals surface area contributed by atoms with Crippen LogP contribution in [-0.4, -0.2) is 16.7 Å². The molecule has 0 aliphatic carbocycles. The average Bonchev–Trinajstić information content (AvgIpc) is 2.93. The van der Waals surface area contributed by atoms with Crippen LogP contribution in [-0.2, 0) is 19.6 Å². The van der Waals surface area contributed by atoms with Crippen LogP contribution in [0.4, 0.5) is 0 Å². The van der Waals surface area contributed by atoms with Crippen LogP contribution in [0.1, 0.15) is 37.5 Å². The van der Waals surface area contributed by atoms with Gasteiger partial charge in [-0.15, -0.1) is 0 Å². The quantitative estimate of drug-likeness (QED) is 0.787. The molecule has 5 nitrogen and oxygen atoms in total. The fraction of sp³-hybridized carbons (Fsp3) is 0.467. The molecule has 0 bridgehead atoms. The molecule has 0 spiro atoms. The molecule has 21 heavy (non-hydrogen) atoms. The van der Waals surface area contributed by atoms with E-state index in [1.54, 1.807) is 0 Å². The Hall–Kier alpha value is -1.40. The molecule has 0 aliphatic heterocycles. The summed E-state index contributed by atoms with van der Waals surface area (Å²) in [5.41, 5.74) is 1.16. The van der Waals surface area contributed by atoms with E-state index in [1.807, 2.05) is 18.2 Å². The van der Waals surface area contributed by atoms with Crippen molar-refractivity contribution in [2.45, 2.75) is 39.8 Å². The van der Waals surface area contributed by atoms with E-state index in [0.29, 0.717) is 18.3 Å². The molecule has 6 heteroatoms. The van der Waals surface area contributed by atoms with Crippen molar-refractivity contribution in [2.75, 3.05) is 6.54 Å². The van der Waals surface area contributed by atoms with Crippen molar-refractivity contribution in [2.24, 2.45) is 0 Å². The lowest BCUT2D eigenvalue weighted by Crippen LogP contribution is -2.12. The monoisotopic (exact) mass is 353 g/mol. The molecule has 0 amide bonds. The summed E-state index contributed by atoms with van der Waals surface area (Å²) in [5, 5.41) is 7.21. The van der Waals surface area contributed by atoms with E-state index in [1.165, 1.54) is 0 Å². The van der Waals surface area contributed by atoms with Crippen LogP contribution in [0.5, 0.6) is 5.75 Å². The van der Waals surface area contributed by atoms with Crippen molar-refractivity contribution in [3.05, 3.63) is 40.0 Å². The summed E-state index contributed by atoms with van der Waals surface area (Å²) in [6.07, 6.45) is 1.79. The summed E-state index contributed by atoms with van der Waals surface area (Å²) in [6.45, 7) is 6.21. The van der Waals surface area contributed by atoms with E-state index < -0.39 is 0 Å². The highest BCUT2D eigenvalue weighted by Gasteiger charge is 2.07. The van der Waals surface area contributed by atoms with Gasteiger partial charge < -0.3 is 14.6 Å². The summed E-state index contributed by atoms with van der Waals surface area (Å²) in [4.78, 5) is 4.28. The Balaban J connectivity index is 1.95. The number of nitrogens with one attached hydrogen (secondary N) is 1. The first kappa shape index (κ1) is 16.0. The Kier molecular flexibility index (Phi) is 6.20. The van der Waals surface area contributed by atoms with Gasteiger partial charge in [0, 0.05) is 17.4 Å². The molecule has 1 heterocycles. The molecule has 114 valence electrons. The molecule has 2 rings (SSSR count). The molecule has 0 saturated carbocycles. The Bertz CT molecular complexity index is 572. The number of aromatic nitrogens is 2. The van der Waals surface area contributed by atoms with Crippen LogP contribution in [0.25, 0.3) is 0 Å². The minimum atomic E-state index is 0.315. The minimum absolute atomic E-state index is 0.315. The predicted octanol–water partition coefficient (Wildman–Crippen LogP) is 3.47. The van der Waals surface area contributed by atoms with Gasteiger partial charge >= 0.3 is 0 Å². The second kappa shape index (κ2) is 8.14. The second-order valence-electron chi connectivity index (χ2n) is 4.68. The smallest absolute Gasteiger partial charge is 0.226 e. The number of rotatable bonds is 8. The molecule has 1 N–H and O–H groups in total. The number of ether oxygens (including phenoxy) is 1. The van der Waals surface area contributed by atoms with E-state index >= 15 is 0 Å². The molecule has 0 aliphatic rings. The van der Waals surface area contributed by atoms with Gasteiger partial charge in [-0.05, 0) is 36.7 Å². The largest absolute Gasteiger partial charge is 0.485 e. The zero-order valence-electron chi connectivity index (χ0n) is 12.4. The van der Waals surface area contributed by atoms with Crippen molar-refractivity contribution in [3.8, 4) is 5.75 Å². The Morgan fingerprint density at radius 2 is 2.19 bits per heavy atom. The molecule has 0 fully saturated rings. The van der Waals surface area contributed by atoms with Crippen molar-refractivity contribution in [3.63, 3.8) is 0 Å². The SMILES string of the molecule is CCCc1nc(COc2ccc(Br)c(CNCC)c2)no1. The van der Waals surface area contributed by atoms with Crippen LogP contribution >= 0.6 is 15.9 Å². The van der Waals surface area contributed by atoms with Gasteiger partial charge in [0.15, 0.2) is 6.61 Å². The summed E-state index contributed by atoms with van der Waals surface area (Å²) < 4.78 is 11.9. The lowest BCUT2D eigenvalue weighted by atomic mass is 10.2. The molecule has 0 saturated heterocycles. The third-order valence-electron chi connectivity index (χ3n) is 2.92. The fourth-order valence-corrected chi connectivity index (χ4v) is 2.23. The maximum atomic E-state index is 5.73. The van der Waals surface area contributed by atoms with E-state index in [0.717, 1.165) is 41.7 Å². The zero-order chi connectivity index (χ0) is 15.1. The summed E-state index contributed by atoms with van der Waals surface area (Å²) in [7, 11) is 0. The second-order valence-corrected chi connectivity index (χ2v) is 5.53. The molecular weight excluding hydrogens is 334 g/mol. The standard InChI is InChI=1S/C15H20BrN3O2/c1-3-5-15-18-14(19-21-15)10-20-12-6-7-13(16)11(8-12)9-17-4-2/h6-8,17H,3-5,9-10H2,1-2H3. The molecule has 0 radical (unpaired) electrons. The summed E-state index contributed by atoms with van der Waals surface area (Å²) in [6, 6.07) is 5.92. The van der Waals surface area contributed by atoms with Crippen LogP contribution in [0.2, 0.25) is 0 Å². The van der Waals surface area contributed by atoms with Gasteiger partial charge in [0.05, 0.1) is 0 Å². The zero-order valence-corrected chi connectivity index (χ0v) is 13.9. The number of aryl methyl sites for hydroxylation is 1. The number of halogens is 1. The first-order valence-electron chi connectivity index (χ1n) is 7.16. The highest BCUT2D eigenvalue weighted by molar-refractivity contribution is 9.10. The third-order valence-corrected chi connectivity index (χ3v) is 3.70. The van der Waals surface area contributed by atoms with E-state index in [9.17, 15) is 0 Å². The first-order chi connectivity index (χ1) is 10.2. The predicted molar refractivity (Wildman–Crippen MR) is 84.1 cm³/mol. The van der Waals surface area contributed by atoms with Gasteiger partial charge in [-0.2, -0.15) is 4.98 Å². The van der Waals surface area contributed by atoms with Gasteiger partial charge in [0.1, 0.15) is 5.75 Å². The van der Waals surface area contributed by atoms with Gasteiger partial charge in [-0.25, -0.2) is 0 Å². The molecular formula is C15H20BrN3O2. The fourth-order valence-electron chi connectivity index (χ4n) is 1.85. The molecule has 1 aromatic heterocycles. The van der Waals surface area contributed by atoms with Crippen LogP contribution in [0, 0.1) is 0 Å². The van der Waals surface area contributed by atoms with Gasteiger partial charge in [0.2, 0.25) is 11.7 Å². The first-order valence-corrected chi connectivity index (χ1v) is 7.95. The topological polar surface area (TPSA) is 60.2 Å². The van der Waals surface area contributed by atoms with Crippen LogP contribution in [0.15, 0.2) is 27.2 Å². The van der Waals surface area contributed by atoms with Crippen molar-refractivity contribution in [1.29, 1.82) is 0 Å². The summed E-state index contributed by atoms with van der Waals surface area (Å²) >= 11 is 3.54. The van der Waals surface area contributed by atoms with Crippen LogP contribution in [0.3, 0.4) is 0 Å². The molecule has 2 aromatic rings. The number of nitrogens with zero attached hydrogens (tertiary/aromatic N) is 2. The van der Waals surface area contributed by atoms with Crippen molar-refractivity contribution < 1.29 is 9.26 Å². The lowest BCUT2D eigenvalue weighted by Gasteiger charge is -2.09. The number of hydrogen-bond donors (Lipinski definition) is 1. The normalized spacial score (nSPS) is 10.8. The van der Waals surface area contributed by atoms with E-state index in [2.05, 4.69) is 45.2 Å². The Morgan fingerprint density at radius 3 is 2.95 bits per heavy atom. The lowest BCUT2D eigenvalue weighted by molar-refractivity contribution is 0.284. The van der Waals surface area contributed by atoms with Gasteiger partial charge in [0.25, 0.3) is 0 Å². The van der Waals surface area contributed by atoms with Crippen molar-refractivity contribution in [1.82, 2.24) is 15.5 Å². The molecule has 1 aromatic carbocycles. The van der Waals surface area contributed by atoms with E-state index in [-0.39, 0.29) is 0 Å². The van der Waals surface area contributed by atoms with E-state index in [4.69, 9.17) is 9.26 Å². The van der Waals surface area contributed by atoms with Gasteiger partial charge in [-0.3, -0.25) is 0 Å². The highest BCUT2D eigenvalue weighted by atomic mass is 79.9.